The van der Waals surface area contributed by atoms with Crippen molar-refractivity contribution in [3.05, 3.63) is 369 Å². The molecule has 0 N–H and O–H groups in total. The third kappa shape index (κ3) is 13.8. The molecule has 3 heteroatoms. The van der Waals surface area contributed by atoms with E-state index in [0.29, 0.717) is 28.2 Å². The summed E-state index contributed by atoms with van der Waals surface area (Å²) < 4.78 is 6.68. The second-order valence-electron chi connectivity index (χ2n) is 20.9. The Balaban J connectivity index is 0.974. The van der Waals surface area contributed by atoms with Crippen LogP contribution < -0.4 is 4.74 Å². The molecule has 0 bridgehead atoms. The zero-order valence-electron chi connectivity index (χ0n) is 48.9. The summed E-state index contributed by atoms with van der Waals surface area (Å²) in [5.74, 6) is 20.9. The van der Waals surface area contributed by atoms with Gasteiger partial charge in [0.05, 0.1) is 0 Å². The lowest BCUT2D eigenvalue weighted by atomic mass is 9.83. The number of carbonyl (C=O) groups is 2. The van der Waals surface area contributed by atoms with Crippen molar-refractivity contribution in [2.75, 3.05) is 0 Å². The molecule has 0 heterocycles. The van der Waals surface area contributed by atoms with Crippen LogP contribution in [0.2, 0.25) is 0 Å². The molecule has 0 atom stereocenters. The van der Waals surface area contributed by atoms with Crippen LogP contribution in [-0.4, -0.2) is 11.6 Å². The molecule has 11 rings (SSSR count). The molecule has 0 amide bonds. The number of hydrogen-bond donors (Lipinski definition) is 0. The Labute approximate surface area is 511 Å². The van der Waals surface area contributed by atoms with Gasteiger partial charge < -0.3 is 4.74 Å². The average Bonchev–Trinajstić information content (AvgIpc) is 1.81. The Morgan fingerprint density at radius 3 is 1.26 bits per heavy atom. The molecule has 414 valence electrons. The summed E-state index contributed by atoms with van der Waals surface area (Å²) in [6.45, 7) is 7.68. The Morgan fingerprint density at radius 2 is 0.782 bits per heavy atom. The minimum Gasteiger partial charge on any atom is -0.457 e. The Kier molecular flexibility index (Phi) is 17.9. The van der Waals surface area contributed by atoms with Gasteiger partial charge in [-0.1, -0.05) is 241 Å². The van der Waals surface area contributed by atoms with E-state index in [2.05, 4.69) is 97.1 Å². The van der Waals surface area contributed by atoms with Crippen LogP contribution >= 0.6 is 0 Å². The maximum Gasteiger partial charge on any atom is 0.195 e. The van der Waals surface area contributed by atoms with Gasteiger partial charge in [0.15, 0.2) is 11.6 Å². The summed E-state index contributed by atoms with van der Waals surface area (Å²) in [5, 5.41) is 0. The quantitative estimate of drug-likeness (QED) is 0.0500. The maximum absolute atomic E-state index is 15.4. The lowest BCUT2D eigenvalue weighted by Gasteiger charge is -2.20. The molecule has 0 unspecified atom stereocenters. The van der Waals surface area contributed by atoms with Gasteiger partial charge in [0.1, 0.15) is 11.5 Å². The van der Waals surface area contributed by atoms with Gasteiger partial charge in [-0.2, -0.15) is 0 Å². The molecule has 0 radical (unpaired) electrons. The molecule has 87 heavy (non-hydrogen) atoms. The van der Waals surface area contributed by atoms with Gasteiger partial charge >= 0.3 is 0 Å². The number of ether oxygens (including phenoxy) is 1. The minimum absolute atomic E-state index is 0.0659. The first-order valence-electron chi connectivity index (χ1n) is 29.0. The largest absolute Gasteiger partial charge is 0.457 e. The van der Waals surface area contributed by atoms with Crippen molar-refractivity contribution in [1.82, 2.24) is 0 Å². The van der Waals surface area contributed by atoms with Crippen molar-refractivity contribution in [3.8, 4) is 47.0 Å². The summed E-state index contributed by atoms with van der Waals surface area (Å²) >= 11 is 0. The lowest BCUT2D eigenvalue weighted by molar-refractivity contribution is -0.112. The SMILES string of the molecule is C/C=C\C(C#Cc1ccc(C(=C\c2ccc(C)cc2)/C(=C(\C(C)=O)c2ccccc2)c2ccc(Oc3ccc(C4=C(c5ccccc5)C(=O)C(c5ccc(C#Cc6ccccc6)cc5)=C4c4ccc(C#Cc5ccccc5)cc4)cc3)cc2)cc1)=C/C. The van der Waals surface area contributed by atoms with Crippen LogP contribution in [-0.2, 0) is 9.59 Å². The molecule has 0 aliphatic heterocycles. The molecule has 1 aliphatic carbocycles. The molecule has 1 aliphatic rings. The third-order valence-electron chi connectivity index (χ3n) is 14.9. The van der Waals surface area contributed by atoms with E-state index in [4.69, 9.17) is 4.74 Å². The smallest absolute Gasteiger partial charge is 0.195 e. The summed E-state index contributed by atoms with van der Waals surface area (Å²) in [5.41, 5.74) is 18.5. The topological polar surface area (TPSA) is 43.4 Å². The first-order chi connectivity index (χ1) is 42.7. The fraction of sp³-hybridized carbons (Fsp3) is 0.0476. The van der Waals surface area contributed by atoms with Crippen LogP contribution in [0.3, 0.4) is 0 Å². The normalized spacial score (nSPS) is 12.6. The van der Waals surface area contributed by atoms with Gasteiger partial charge in [0, 0.05) is 66.8 Å². The van der Waals surface area contributed by atoms with Gasteiger partial charge in [0.25, 0.3) is 0 Å². The standard InChI is InChI=1S/C84H60O3/c1-5-19-61(6-2)32-33-64-38-44-68(45-39-64)77(58-67-30-28-59(3)29-31-67)79(78(60(4)85)69-24-15-9-16-25-69)71-50-54-75(55-51-71)87-76-56-52-73(53-57-76)81-80(72-46-40-65(41-47-72)36-34-62-20-11-7-12-21-62)83(84(86)82(81)70-26-17-10-18-27-70)74-48-42-66(43-49-74)37-35-63-22-13-8-14-23-63/h5-31,38-58H,1-4H3/b19-5-,61-6+,77-58+,79-78+. The second kappa shape index (κ2) is 27.2. The number of carbonyl (C=O) groups excluding carboxylic acids is 2. The molecule has 0 saturated heterocycles. The van der Waals surface area contributed by atoms with Gasteiger partial charge in [-0.25, -0.2) is 0 Å². The van der Waals surface area contributed by atoms with Crippen molar-refractivity contribution < 1.29 is 14.3 Å². The van der Waals surface area contributed by atoms with Crippen LogP contribution in [0.15, 0.2) is 291 Å². The summed E-state index contributed by atoms with van der Waals surface area (Å²) in [6.07, 6.45) is 8.15. The monoisotopic (exact) mass is 1120 g/mol. The number of Topliss-reactive ketones (excluding diaryl/α,β-unsaturated/α-hetero) is 2. The molecular formula is C84H60O3. The number of allylic oxidation sites excluding steroid dienone is 11. The van der Waals surface area contributed by atoms with Crippen molar-refractivity contribution in [2.45, 2.75) is 27.7 Å². The first kappa shape index (κ1) is 57.3. The van der Waals surface area contributed by atoms with Crippen LogP contribution in [0.1, 0.15) is 98.7 Å². The van der Waals surface area contributed by atoms with Crippen molar-refractivity contribution in [3.63, 3.8) is 0 Å². The molecular weight excluding hydrogens is 1060 g/mol. The van der Waals surface area contributed by atoms with Crippen molar-refractivity contribution in [2.24, 2.45) is 0 Å². The van der Waals surface area contributed by atoms with E-state index < -0.39 is 0 Å². The number of ketones is 2. The van der Waals surface area contributed by atoms with Crippen LogP contribution in [0.5, 0.6) is 11.5 Å². The average molecular weight is 1120 g/mol. The molecule has 0 spiro atoms. The van der Waals surface area contributed by atoms with E-state index in [1.54, 1.807) is 6.92 Å². The fourth-order valence-electron chi connectivity index (χ4n) is 10.6. The van der Waals surface area contributed by atoms with E-state index >= 15 is 4.79 Å². The number of hydrogen-bond acceptors (Lipinski definition) is 3. The van der Waals surface area contributed by atoms with Crippen LogP contribution in [0, 0.1) is 42.4 Å². The summed E-state index contributed by atoms with van der Waals surface area (Å²) in [6, 6.07) is 88.3. The van der Waals surface area contributed by atoms with Gasteiger partial charge in [-0.05, 0) is 169 Å². The molecule has 3 nitrogen and oxygen atoms in total. The number of aryl methyl sites for hydroxylation is 1. The van der Waals surface area contributed by atoms with Crippen LogP contribution in [0.4, 0.5) is 0 Å². The number of rotatable bonds is 13. The highest BCUT2D eigenvalue weighted by atomic mass is 16.5. The zero-order valence-corrected chi connectivity index (χ0v) is 48.9. The van der Waals surface area contributed by atoms with Gasteiger partial charge in [-0.15, -0.1) is 0 Å². The Bertz CT molecular complexity index is 4540. The second-order valence-corrected chi connectivity index (χ2v) is 20.9. The molecule has 10 aromatic rings. The van der Waals surface area contributed by atoms with Crippen molar-refractivity contribution >= 4 is 56.7 Å². The number of benzene rings is 10. The molecule has 0 saturated carbocycles. The molecule has 0 fully saturated rings. The summed E-state index contributed by atoms with van der Waals surface area (Å²) in [4.78, 5) is 29.6. The minimum atomic E-state index is -0.0710. The van der Waals surface area contributed by atoms with Crippen molar-refractivity contribution in [1.29, 1.82) is 0 Å². The predicted octanol–water partition coefficient (Wildman–Crippen LogP) is 19.3. The van der Waals surface area contributed by atoms with Crippen LogP contribution in [0.25, 0.3) is 45.1 Å². The van der Waals surface area contributed by atoms with E-state index in [-0.39, 0.29) is 11.6 Å². The highest BCUT2D eigenvalue weighted by molar-refractivity contribution is 6.59. The first-order valence-corrected chi connectivity index (χ1v) is 29.0. The lowest BCUT2D eigenvalue weighted by Crippen LogP contribution is -2.04. The van der Waals surface area contributed by atoms with Gasteiger partial charge in [-0.3, -0.25) is 9.59 Å². The van der Waals surface area contributed by atoms with E-state index in [9.17, 15) is 4.79 Å². The fourth-order valence-corrected chi connectivity index (χ4v) is 10.6. The maximum atomic E-state index is 15.4. The van der Waals surface area contributed by atoms with Gasteiger partial charge in [0.2, 0.25) is 0 Å². The summed E-state index contributed by atoms with van der Waals surface area (Å²) in [7, 11) is 0. The zero-order chi connectivity index (χ0) is 59.9. The Morgan fingerprint density at radius 1 is 0.391 bits per heavy atom. The van der Waals surface area contributed by atoms with E-state index in [1.165, 1.54) is 0 Å². The van der Waals surface area contributed by atoms with E-state index in [1.807, 2.05) is 250 Å². The third-order valence-corrected chi connectivity index (χ3v) is 14.9. The molecule has 0 aromatic heterocycles. The molecule has 10 aromatic carbocycles. The highest BCUT2D eigenvalue weighted by Gasteiger charge is 2.35. The van der Waals surface area contributed by atoms with E-state index in [0.717, 1.165) is 106 Å². The highest BCUT2D eigenvalue weighted by Crippen LogP contribution is 2.50. The predicted molar refractivity (Wildman–Crippen MR) is 361 cm³/mol. The Hall–Kier alpha value is -11.5.